The molecule has 0 aliphatic carbocycles. The highest BCUT2D eigenvalue weighted by Crippen LogP contribution is 2.26. The lowest BCUT2D eigenvalue weighted by Gasteiger charge is -1.92. The van der Waals surface area contributed by atoms with E-state index in [0.717, 1.165) is 15.8 Å². The third kappa shape index (κ3) is 0.973. The minimum atomic E-state index is 0.0425. The van der Waals surface area contributed by atoms with Gasteiger partial charge in [0.05, 0.1) is 15.7 Å². The molecule has 3 heteroatoms. The average molecular weight is 164 g/mol. The molecule has 0 aliphatic heterocycles. The Balaban J connectivity index is 2.91. The largest absolute Gasteiger partial charge is 0.290 e. The summed E-state index contributed by atoms with van der Waals surface area (Å²) in [4.78, 5) is 4.06. The molecule has 0 bridgehead atoms. The number of benzene rings is 1. The summed E-state index contributed by atoms with van der Waals surface area (Å²) in [5.74, 6) is 0.0425. The Morgan fingerprint density at radius 1 is 1.45 bits per heavy atom. The maximum Gasteiger partial charge on any atom is 0.181 e. The lowest BCUT2D eigenvalue weighted by molar-refractivity contribution is 0.355. The van der Waals surface area contributed by atoms with Crippen LogP contribution in [-0.4, -0.2) is 4.98 Å². The number of rotatable bonds is 0. The summed E-state index contributed by atoms with van der Waals surface area (Å²) in [6.07, 6.45) is 0. The number of aryl methyl sites for hydroxylation is 1. The van der Waals surface area contributed by atoms with Crippen molar-refractivity contribution < 1.29 is 5.11 Å². The summed E-state index contributed by atoms with van der Waals surface area (Å²) in [6.45, 7) is 1.93. The predicted molar refractivity (Wildman–Crippen MR) is 44.5 cm³/mol. The Morgan fingerprint density at radius 3 is 3.09 bits per heavy atom. The molecule has 0 N–H and O–H groups in total. The van der Waals surface area contributed by atoms with Crippen LogP contribution < -0.4 is 0 Å². The molecule has 11 heavy (non-hydrogen) atoms. The Labute approximate surface area is 68.1 Å². The Kier molecular flexibility index (Phi) is 1.32. The first-order valence-electron chi connectivity index (χ1n) is 3.28. The average Bonchev–Trinajstić information content (AvgIpc) is 2.34. The van der Waals surface area contributed by atoms with Gasteiger partial charge in [-0.05, 0) is 18.6 Å². The molecular weight excluding hydrogens is 158 g/mol. The van der Waals surface area contributed by atoms with Crippen molar-refractivity contribution in [3.8, 4) is 5.75 Å². The molecule has 0 fully saturated rings. The first kappa shape index (κ1) is 6.61. The minimum Gasteiger partial charge on any atom is -0.290 e. The molecule has 2 nitrogen and oxygen atoms in total. The van der Waals surface area contributed by atoms with E-state index in [1.807, 2.05) is 6.92 Å². The SMILES string of the molecule is Cc1cc([O])cc2ncsc12. The molecular formula is C8H6NOS. The topological polar surface area (TPSA) is 32.8 Å². The second-order valence-electron chi connectivity index (χ2n) is 2.44. The zero-order valence-corrected chi connectivity index (χ0v) is 6.81. The molecule has 0 atom stereocenters. The van der Waals surface area contributed by atoms with Gasteiger partial charge in [-0.15, -0.1) is 11.3 Å². The molecule has 0 spiro atoms. The molecule has 0 saturated carbocycles. The predicted octanol–water partition coefficient (Wildman–Crippen LogP) is 2.75. The van der Waals surface area contributed by atoms with Gasteiger partial charge in [0.1, 0.15) is 0 Å². The fourth-order valence-corrected chi connectivity index (χ4v) is 1.86. The number of fused-ring (bicyclic) bond motifs is 1. The number of nitrogens with zero attached hydrogens (tertiary/aromatic N) is 1. The summed E-state index contributed by atoms with van der Waals surface area (Å²) in [6, 6.07) is 3.21. The number of aromatic nitrogens is 1. The molecule has 1 radical (unpaired) electrons. The van der Waals surface area contributed by atoms with Crippen LogP contribution in [0.5, 0.6) is 5.75 Å². The maximum atomic E-state index is 11.0. The molecule has 1 aromatic carbocycles. The molecule has 55 valence electrons. The van der Waals surface area contributed by atoms with E-state index in [4.69, 9.17) is 0 Å². The van der Waals surface area contributed by atoms with E-state index in [9.17, 15) is 5.11 Å². The fourth-order valence-electron chi connectivity index (χ4n) is 1.11. The standard InChI is InChI=1S/C8H6NOS/c1-5-2-6(10)3-7-8(5)11-4-9-7/h2-4H,1H3. The van der Waals surface area contributed by atoms with Crippen molar-refractivity contribution in [3.05, 3.63) is 23.2 Å². The van der Waals surface area contributed by atoms with Crippen molar-refractivity contribution in [2.45, 2.75) is 6.92 Å². The zero-order chi connectivity index (χ0) is 7.84. The molecule has 0 saturated heterocycles. The molecule has 2 rings (SSSR count). The molecule has 0 aliphatic rings. The molecule has 1 heterocycles. The normalized spacial score (nSPS) is 10.6. The van der Waals surface area contributed by atoms with E-state index in [1.165, 1.54) is 0 Å². The summed E-state index contributed by atoms with van der Waals surface area (Å²) in [5.41, 5.74) is 3.60. The van der Waals surface area contributed by atoms with Crippen molar-refractivity contribution in [1.29, 1.82) is 0 Å². The number of hydrogen-bond donors (Lipinski definition) is 0. The maximum absolute atomic E-state index is 11.0. The van der Waals surface area contributed by atoms with Crippen molar-refractivity contribution in [3.63, 3.8) is 0 Å². The summed E-state index contributed by atoms with van der Waals surface area (Å²) in [7, 11) is 0. The van der Waals surface area contributed by atoms with Crippen LogP contribution in [0.15, 0.2) is 17.6 Å². The van der Waals surface area contributed by atoms with Crippen LogP contribution in [-0.2, 0) is 5.11 Å². The highest BCUT2D eigenvalue weighted by molar-refractivity contribution is 7.16. The van der Waals surface area contributed by atoms with Gasteiger partial charge >= 0.3 is 0 Å². The Bertz CT molecular complexity index is 394. The van der Waals surface area contributed by atoms with Gasteiger partial charge in [-0.1, -0.05) is 0 Å². The van der Waals surface area contributed by atoms with Crippen LogP contribution in [0.3, 0.4) is 0 Å². The number of thiazole rings is 1. The Morgan fingerprint density at radius 2 is 2.27 bits per heavy atom. The second kappa shape index (κ2) is 2.20. The third-order valence-electron chi connectivity index (χ3n) is 1.59. The highest BCUT2D eigenvalue weighted by atomic mass is 32.1. The zero-order valence-electron chi connectivity index (χ0n) is 6.00. The van der Waals surface area contributed by atoms with Gasteiger partial charge < -0.3 is 0 Å². The molecule has 1 aromatic heterocycles. The fraction of sp³-hybridized carbons (Fsp3) is 0.125. The van der Waals surface area contributed by atoms with Crippen LogP contribution in [0.2, 0.25) is 0 Å². The highest BCUT2D eigenvalue weighted by Gasteiger charge is 2.02. The first-order valence-corrected chi connectivity index (χ1v) is 4.16. The summed E-state index contributed by atoms with van der Waals surface area (Å²) in [5, 5.41) is 11.0. The smallest absolute Gasteiger partial charge is 0.181 e. The van der Waals surface area contributed by atoms with Crippen LogP contribution in [0.1, 0.15) is 5.56 Å². The van der Waals surface area contributed by atoms with Gasteiger partial charge in [0, 0.05) is 6.07 Å². The van der Waals surface area contributed by atoms with Crippen molar-refractivity contribution in [2.24, 2.45) is 0 Å². The minimum absolute atomic E-state index is 0.0425. The van der Waals surface area contributed by atoms with Crippen molar-refractivity contribution in [2.75, 3.05) is 0 Å². The van der Waals surface area contributed by atoms with Crippen LogP contribution in [0.25, 0.3) is 10.2 Å². The van der Waals surface area contributed by atoms with Gasteiger partial charge in [-0.25, -0.2) is 4.98 Å². The monoisotopic (exact) mass is 164 g/mol. The van der Waals surface area contributed by atoms with Crippen LogP contribution >= 0.6 is 11.3 Å². The second-order valence-corrected chi connectivity index (χ2v) is 3.30. The van der Waals surface area contributed by atoms with E-state index in [-0.39, 0.29) is 5.75 Å². The molecule has 0 unspecified atom stereocenters. The van der Waals surface area contributed by atoms with Crippen LogP contribution in [0, 0.1) is 6.92 Å². The van der Waals surface area contributed by atoms with E-state index >= 15 is 0 Å². The van der Waals surface area contributed by atoms with Gasteiger partial charge in [0.15, 0.2) is 5.75 Å². The van der Waals surface area contributed by atoms with E-state index in [2.05, 4.69) is 4.98 Å². The molecule has 0 amide bonds. The summed E-state index contributed by atoms with van der Waals surface area (Å²) >= 11 is 1.57. The molecule has 2 aromatic rings. The van der Waals surface area contributed by atoms with E-state index < -0.39 is 0 Å². The van der Waals surface area contributed by atoms with Gasteiger partial charge in [0.25, 0.3) is 0 Å². The van der Waals surface area contributed by atoms with Crippen molar-refractivity contribution in [1.82, 2.24) is 4.98 Å². The van der Waals surface area contributed by atoms with E-state index in [0.29, 0.717) is 0 Å². The van der Waals surface area contributed by atoms with Crippen LogP contribution in [0.4, 0.5) is 0 Å². The quantitative estimate of drug-likeness (QED) is 0.589. The Hall–Kier alpha value is -1.09. The van der Waals surface area contributed by atoms with Crippen molar-refractivity contribution >= 4 is 21.6 Å². The third-order valence-corrected chi connectivity index (χ3v) is 2.57. The van der Waals surface area contributed by atoms with Gasteiger partial charge in [0.2, 0.25) is 0 Å². The first-order chi connectivity index (χ1) is 5.27. The number of hydrogen-bond acceptors (Lipinski definition) is 2. The van der Waals surface area contributed by atoms with Gasteiger partial charge in [-0.3, -0.25) is 5.11 Å². The van der Waals surface area contributed by atoms with E-state index in [1.54, 1.807) is 29.0 Å². The lowest BCUT2D eigenvalue weighted by Crippen LogP contribution is -1.72. The lowest BCUT2D eigenvalue weighted by atomic mass is 10.2. The van der Waals surface area contributed by atoms with Gasteiger partial charge in [-0.2, -0.15) is 0 Å². The summed E-state index contributed by atoms with van der Waals surface area (Å²) < 4.78 is 1.12.